The van der Waals surface area contributed by atoms with E-state index in [1.807, 2.05) is 0 Å². The highest BCUT2D eigenvalue weighted by atomic mass is 16.2. The summed E-state index contributed by atoms with van der Waals surface area (Å²) in [4.78, 5) is 26.1. The Morgan fingerprint density at radius 2 is 2.00 bits per heavy atom. The minimum absolute atomic E-state index is 0.240. The number of hydrogen-bond acceptors (Lipinski definition) is 4. The van der Waals surface area contributed by atoms with Crippen LogP contribution in [-0.4, -0.2) is 33.2 Å². The highest BCUT2D eigenvalue weighted by Gasteiger charge is 2.22. The van der Waals surface area contributed by atoms with Gasteiger partial charge in [0.05, 0.1) is 0 Å². The van der Waals surface area contributed by atoms with E-state index in [-0.39, 0.29) is 11.2 Å². The lowest BCUT2D eigenvalue weighted by atomic mass is 9.99. The molecule has 2 heterocycles. The van der Waals surface area contributed by atoms with Crippen LogP contribution in [0, 0.1) is 0 Å². The molecule has 20 heavy (non-hydrogen) atoms. The monoisotopic (exact) mass is 280 g/mol. The highest BCUT2D eigenvalue weighted by molar-refractivity contribution is 5.03. The number of nitrogens with zero attached hydrogens (tertiary/aromatic N) is 3. The molecule has 1 fully saturated rings. The fourth-order valence-corrected chi connectivity index (χ4v) is 2.93. The maximum Gasteiger partial charge on any atom is 0.330 e. The molecule has 1 aromatic heterocycles. The van der Waals surface area contributed by atoms with E-state index in [1.165, 1.54) is 19.9 Å². The van der Waals surface area contributed by atoms with Gasteiger partial charge in [0.1, 0.15) is 0 Å². The minimum atomic E-state index is -0.264. The molecular formula is C14H24N4O2. The number of nitrogens with two attached hydrogens (primary N) is 1. The fourth-order valence-electron chi connectivity index (χ4n) is 2.93. The normalized spacial score (nSPS) is 20.2. The van der Waals surface area contributed by atoms with E-state index in [1.54, 1.807) is 17.7 Å². The molecule has 0 amide bonds. The molecule has 1 atom stereocenters. The Morgan fingerprint density at radius 3 is 2.70 bits per heavy atom. The van der Waals surface area contributed by atoms with Gasteiger partial charge in [-0.25, -0.2) is 4.79 Å². The maximum atomic E-state index is 11.9. The Kier molecular flexibility index (Phi) is 4.77. The molecular weight excluding hydrogens is 256 g/mol. The second-order valence-electron chi connectivity index (χ2n) is 5.57. The quantitative estimate of drug-likeness (QED) is 0.828. The van der Waals surface area contributed by atoms with Crippen molar-refractivity contribution in [2.24, 2.45) is 19.8 Å². The number of aromatic nitrogens is 2. The first kappa shape index (κ1) is 15.0. The Balaban J connectivity index is 2.24. The average molecular weight is 280 g/mol. The summed E-state index contributed by atoms with van der Waals surface area (Å²) in [7, 11) is 3.23. The van der Waals surface area contributed by atoms with Gasteiger partial charge in [-0.1, -0.05) is 6.42 Å². The summed E-state index contributed by atoms with van der Waals surface area (Å²) in [5.74, 6) is 0. The predicted molar refractivity (Wildman–Crippen MR) is 78.6 cm³/mol. The maximum absolute atomic E-state index is 11.9. The summed E-state index contributed by atoms with van der Waals surface area (Å²) in [6, 6.07) is 2.03. The number of likely N-dealkylation sites (tertiary alicyclic amines) is 1. The third-order valence-electron chi connectivity index (χ3n) is 4.24. The molecule has 0 bridgehead atoms. The van der Waals surface area contributed by atoms with E-state index in [0.29, 0.717) is 19.1 Å². The summed E-state index contributed by atoms with van der Waals surface area (Å²) in [6.07, 6.45) is 4.52. The zero-order chi connectivity index (χ0) is 14.7. The van der Waals surface area contributed by atoms with Crippen LogP contribution < -0.4 is 17.0 Å². The van der Waals surface area contributed by atoms with Gasteiger partial charge in [0.2, 0.25) is 0 Å². The molecule has 1 aliphatic heterocycles. The van der Waals surface area contributed by atoms with Crippen molar-refractivity contribution in [1.29, 1.82) is 0 Å². The van der Waals surface area contributed by atoms with Crippen LogP contribution in [0.1, 0.15) is 31.4 Å². The molecule has 0 saturated carbocycles. The smallest absolute Gasteiger partial charge is 0.330 e. The highest BCUT2D eigenvalue weighted by Crippen LogP contribution is 2.20. The van der Waals surface area contributed by atoms with Crippen molar-refractivity contribution in [2.45, 2.75) is 38.3 Å². The standard InChI is InChI=1S/C14H24N4O2/c1-16-12(9-13(19)17(2)14(16)20)10-18-8-4-3-5-11(18)6-7-15/h9,11H,3-8,10,15H2,1-2H3. The first-order chi connectivity index (χ1) is 9.54. The molecule has 1 aliphatic rings. The van der Waals surface area contributed by atoms with Crippen molar-refractivity contribution in [1.82, 2.24) is 14.0 Å². The van der Waals surface area contributed by atoms with Crippen molar-refractivity contribution in [2.75, 3.05) is 13.1 Å². The zero-order valence-electron chi connectivity index (χ0n) is 12.3. The van der Waals surface area contributed by atoms with Crippen molar-refractivity contribution >= 4 is 0 Å². The van der Waals surface area contributed by atoms with Crippen LogP contribution >= 0.6 is 0 Å². The van der Waals surface area contributed by atoms with E-state index >= 15 is 0 Å². The molecule has 2 N–H and O–H groups in total. The number of piperidine rings is 1. The lowest BCUT2D eigenvalue weighted by Crippen LogP contribution is -2.43. The molecule has 0 aromatic carbocycles. The summed E-state index contributed by atoms with van der Waals surface area (Å²) >= 11 is 0. The topological polar surface area (TPSA) is 73.3 Å². The zero-order valence-corrected chi connectivity index (χ0v) is 12.3. The van der Waals surface area contributed by atoms with Crippen molar-refractivity contribution < 1.29 is 0 Å². The molecule has 1 unspecified atom stereocenters. The summed E-state index contributed by atoms with van der Waals surface area (Å²) in [6.45, 7) is 2.33. The molecule has 1 saturated heterocycles. The molecule has 6 heteroatoms. The molecule has 2 rings (SSSR count). The Hall–Kier alpha value is -1.40. The van der Waals surface area contributed by atoms with Gasteiger partial charge in [0.25, 0.3) is 5.56 Å². The molecule has 0 spiro atoms. The summed E-state index contributed by atoms with van der Waals surface area (Å²) in [5.41, 5.74) is 5.95. The fraction of sp³-hybridized carbons (Fsp3) is 0.714. The van der Waals surface area contributed by atoms with Crippen LogP contribution in [-0.2, 0) is 20.6 Å². The Bertz CT molecular complexity index is 574. The van der Waals surface area contributed by atoms with Crippen LogP contribution in [0.5, 0.6) is 0 Å². The first-order valence-corrected chi connectivity index (χ1v) is 7.24. The third kappa shape index (κ3) is 3.02. The second-order valence-corrected chi connectivity index (χ2v) is 5.57. The molecule has 1 aromatic rings. The van der Waals surface area contributed by atoms with Crippen LogP contribution in [0.2, 0.25) is 0 Å². The van der Waals surface area contributed by atoms with Crippen molar-refractivity contribution in [3.05, 3.63) is 32.6 Å². The number of rotatable bonds is 4. The van der Waals surface area contributed by atoms with E-state index in [0.717, 1.165) is 29.6 Å². The summed E-state index contributed by atoms with van der Waals surface area (Å²) < 4.78 is 2.70. The van der Waals surface area contributed by atoms with Gasteiger partial charge in [-0.15, -0.1) is 0 Å². The lowest BCUT2D eigenvalue weighted by molar-refractivity contribution is 0.130. The number of hydrogen-bond donors (Lipinski definition) is 1. The van der Waals surface area contributed by atoms with E-state index in [2.05, 4.69) is 4.90 Å². The van der Waals surface area contributed by atoms with Gasteiger partial charge in [0, 0.05) is 38.4 Å². The lowest BCUT2D eigenvalue weighted by Gasteiger charge is -2.35. The SMILES string of the molecule is Cn1c(CN2CCCCC2CCN)cc(=O)n(C)c1=O. The molecule has 112 valence electrons. The van der Waals surface area contributed by atoms with E-state index in [4.69, 9.17) is 5.73 Å². The van der Waals surface area contributed by atoms with E-state index < -0.39 is 0 Å². The van der Waals surface area contributed by atoms with Gasteiger partial charge in [-0.2, -0.15) is 0 Å². The van der Waals surface area contributed by atoms with Gasteiger partial charge in [-0.05, 0) is 32.4 Å². The first-order valence-electron chi connectivity index (χ1n) is 7.24. The largest absolute Gasteiger partial charge is 0.330 e. The van der Waals surface area contributed by atoms with Crippen molar-refractivity contribution in [3.8, 4) is 0 Å². The Labute approximate surface area is 118 Å². The van der Waals surface area contributed by atoms with Crippen LogP contribution in [0.4, 0.5) is 0 Å². The van der Waals surface area contributed by atoms with E-state index in [9.17, 15) is 9.59 Å². The summed E-state index contributed by atoms with van der Waals surface area (Å²) in [5, 5.41) is 0. The molecule has 0 radical (unpaired) electrons. The molecule has 0 aliphatic carbocycles. The van der Waals surface area contributed by atoms with Gasteiger partial charge in [0.15, 0.2) is 0 Å². The van der Waals surface area contributed by atoms with Gasteiger partial charge < -0.3 is 5.73 Å². The van der Waals surface area contributed by atoms with Crippen LogP contribution in [0.15, 0.2) is 15.7 Å². The van der Waals surface area contributed by atoms with Gasteiger partial charge >= 0.3 is 5.69 Å². The Morgan fingerprint density at radius 1 is 1.25 bits per heavy atom. The second kappa shape index (κ2) is 6.37. The van der Waals surface area contributed by atoms with Crippen LogP contribution in [0.3, 0.4) is 0 Å². The van der Waals surface area contributed by atoms with Gasteiger partial charge in [-0.3, -0.25) is 18.8 Å². The van der Waals surface area contributed by atoms with Crippen LogP contribution in [0.25, 0.3) is 0 Å². The average Bonchev–Trinajstić information content (AvgIpc) is 2.45. The third-order valence-corrected chi connectivity index (χ3v) is 4.24. The molecule has 6 nitrogen and oxygen atoms in total. The predicted octanol–water partition coefficient (Wildman–Crippen LogP) is -0.213. The van der Waals surface area contributed by atoms with Crippen molar-refractivity contribution in [3.63, 3.8) is 0 Å². The minimum Gasteiger partial charge on any atom is -0.330 e.